The number of carbonyl (C=O) groups excluding carboxylic acids is 1. The van der Waals surface area contributed by atoms with Gasteiger partial charge in [-0.25, -0.2) is 18.7 Å². The summed E-state index contributed by atoms with van der Waals surface area (Å²) in [5.41, 5.74) is 2.12. The van der Waals surface area contributed by atoms with Crippen LogP contribution in [0.5, 0.6) is 5.75 Å². The number of halogens is 2. The van der Waals surface area contributed by atoms with Crippen LogP contribution in [-0.2, 0) is 11.3 Å². The Kier molecular flexibility index (Phi) is 5.40. The van der Waals surface area contributed by atoms with E-state index in [1.54, 1.807) is 30.3 Å². The minimum atomic E-state index is -0.649. The number of pyridine rings is 1. The fraction of sp³-hybridized carbons (Fsp3) is 0.0800. The van der Waals surface area contributed by atoms with Crippen LogP contribution in [0, 0.1) is 5.82 Å². The number of nitrogens with zero attached hydrogens (tertiary/aromatic N) is 3. The number of rotatable bonds is 5. The van der Waals surface area contributed by atoms with Crippen LogP contribution in [0.15, 0.2) is 73.1 Å². The molecule has 0 saturated carbocycles. The molecule has 5 aromatic rings. The van der Waals surface area contributed by atoms with Gasteiger partial charge in [-0.2, -0.15) is 5.10 Å². The Morgan fingerprint density at radius 2 is 1.91 bits per heavy atom. The third-order valence-electron chi connectivity index (χ3n) is 5.32. The summed E-state index contributed by atoms with van der Waals surface area (Å²) >= 11 is 6.19. The molecular weight excluding hydrogens is 445 g/mol. The molecule has 0 aliphatic rings. The van der Waals surface area contributed by atoms with Gasteiger partial charge in [-0.05, 0) is 35.4 Å². The van der Waals surface area contributed by atoms with E-state index in [2.05, 4.69) is 10.1 Å². The fourth-order valence-corrected chi connectivity index (χ4v) is 4.07. The zero-order valence-electron chi connectivity index (χ0n) is 17.5. The second kappa shape index (κ2) is 8.52. The van der Waals surface area contributed by atoms with E-state index < -0.39 is 11.8 Å². The lowest BCUT2D eigenvalue weighted by atomic mass is 9.97. The molecule has 0 bridgehead atoms. The summed E-state index contributed by atoms with van der Waals surface area (Å²) in [7, 11) is 1.28. The van der Waals surface area contributed by atoms with Crippen LogP contribution in [-0.4, -0.2) is 27.7 Å². The number of carbonyl (C=O) groups is 1. The van der Waals surface area contributed by atoms with Crippen molar-refractivity contribution in [2.45, 2.75) is 6.61 Å². The maximum absolute atomic E-state index is 15.2. The summed E-state index contributed by atoms with van der Waals surface area (Å²) in [6.45, 7) is 0.185. The summed E-state index contributed by atoms with van der Waals surface area (Å²) in [6.07, 6.45) is 1.30. The van der Waals surface area contributed by atoms with Crippen molar-refractivity contribution in [2.24, 2.45) is 0 Å². The van der Waals surface area contributed by atoms with E-state index in [0.717, 1.165) is 5.56 Å². The molecule has 0 spiro atoms. The van der Waals surface area contributed by atoms with Crippen LogP contribution < -0.4 is 4.74 Å². The molecule has 0 unspecified atom stereocenters. The predicted octanol–water partition coefficient (Wildman–Crippen LogP) is 5.71. The molecule has 0 aliphatic heterocycles. The zero-order chi connectivity index (χ0) is 22.9. The lowest BCUT2D eigenvalue weighted by molar-refractivity contribution is 0.0585. The number of methoxy groups -OCH3 is 1. The van der Waals surface area contributed by atoms with Crippen molar-refractivity contribution >= 4 is 34.0 Å². The van der Waals surface area contributed by atoms with Gasteiger partial charge in [-0.15, -0.1) is 0 Å². The number of hydrogen-bond acceptors (Lipinski definition) is 5. The van der Waals surface area contributed by atoms with Crippen LogP contribution in [0.1, 0.15) is 16.1 Å². The van der Waals surface area contributed by atoms with E-state index >= 15 is 4.39 Å². The van der Waals surface area contributed by atoms with Crippen LogP contribution in [0.25, 0.3) is 27.5 Å². The van der Waals surface area contributed by atoms with Crippen molar-refractivity contribution in [2.75, 3.05) is 7.11 Å². The number of benzene rings is 3. The first-order valence-corrected chi connectivity index (χ1v) is 10.4. The van der Waals surface area contributed by atoms with Gasteiger partial charge in [0.25, 0.3) is 0 Å². The third-order valence-corrected chi connectivity index (χ3v) is 5.55. The SMILES string of the molecule is COC(=O)c1c(OCc2ccccc2)c2ccc(F)c(-c3cccc(Cl)c3)c2c2ncnn12. The van der Waals surface area contributed by atoms with Crippen LogP contribution in [0.2, 0.25) is 5.02 Å². The molecular formula is C25H17ClFN3O3. The van der Waals surface area contributed by atoms with E-state index in [-0.39, 0.29) is 23.6 Å². The molecule has 0 aliphatic carbocycles. The van der Waals surface area contributed by atoms with Gasteiger partial charge in [0.15, 0.2) is 17.1 Å². The monoisotopic (exact) mass is 461 g/mol. The number of fused-ring (bicyclic) bond motifs is 3. The van der Waals surface area contributed by atoms with Gasteiger partial charge < -0.3 is 9.47 Å². The maximum Gasteiger partial charge on any atom is 0.360 e. The fourth-order valence-electron chi connectivity index (χ4n) is 3.88. The molecule has 6 nitrogen and oxygen atoms in total. The average molecular weight is 462 g/mol. The molecule has 0 atom stereocenters. The van der Waals surface area contributed by atoms with Crippen molar-refractivity contribution in [1.29, 1.82) is 0 Å². The first-order valence-electron chi connectivity index (χ1n) is 10.1. The van der Waals surface area contributed by atoms with Crippen LogP contribution in [0.4, 0.5) is 4.39 Å². The number of ether oxygens (including phenoxy) is 2. The van der Waals surface area contributed by atoms with Gasteiger partial charge in [-0.3, -0.25) is 0 Å². The highest BCUT2D eigenvalue weighted by Gasteiger charge is 2.27. The molecule has 2 heterocycles. The smallest absolute Gasteiger partial charge is 0.360 e. The Hall–Kier alpha value is -3.97. The van der Waals surface area contributed by atoms with Gasteiger partial charge in [0.05, 0.1) is 7.11 Å². The molecule has 0 saturated heterocycles. The summed E-state index contributed by atoms with van der Waals surface area (Å²) in [6, 6.07) is 19.3. The topological polar surface area (TPSA) is 65.7 Å². The van der Waals surface area contributed by atoms with E-state index in [1.165, 1.54) is 24.0 Å². The summed E-state index contributed by atoms with van der Waals surface area (Å²) < 4.78 is 27.7. The average Bonchev–Trinajstić information content (AvgIpc) is 3.32. The second-order valence-corrected chi connectivity index (χ2v) is 7.73. The van der Waals surface area contributed by atoms with Crippen molar-refractivity contribution in [3.8, 4) is 16.9 Å². The van der Waals surface area contributed by atoms with E-state index in [0.29, 0.717) is 27.0 Å². The van der Waals surface area contributed by atoms with Crippen molar-refractivity contribution in [1.82, 2.24) is 14.6 Å². The molecule has 3 aromatic carbocycles. The molecule has 0 amide bonds. The largest absolute Gasteiger partial charge is 0.486 e. The highest BCUT2D eigenvalue weighted by Crippen LogP contribution is 2.40. The highest BCUT2D eigenvalue weighted by atomic mass is 35.5. The highest BCUT2D eigenvalue weighted by molar-refractivity contribution is 6.31. The Morgan fingerprint density at radius 3 is 2.67 bits per heavy atom. The first kappa shape index (κ1) is 20.9. The van der Waals surface area contributed by atoms with Crippen LogP contribution >= 0.6 is 11.6 Å². The Morgan fingerprint density at radius 1 is 1.09 bits per heavy atom. The third kappa shape index (κ3) is 3.66. The molecule has 0 fully saturated rings. The first-order chi connectivity index (χ1) is 16.1. The Balaban J connectivity index is 1.84. The predicted molar refractivity (Wildman–Crippen MR) is 123 cm³/mol. The number of aromatic nitrogens is 3. The van der Waals surface area contributed by atoms with Gasteiger partial charge in [0.2, 0.25) is 0 Å². The van der Waals surface area contributed by atoms with Gasteiger partial charge in [-0.1, -0.05) is 54.1 Å². The number of hydrogen-bond donors (Lipinski definition) is 0. The summed E-state index contributed by atoms with van der Waals surface area (Å²) in [5, 5.41) is 5.63. The van der Waals surface area contributed by atoms with Crippen molar-refractivity contribution in [3.63, 3.8) is 0 Å². The maximum atomic E-state index is 15.2. The van der Waals surface area contributed by atoms with E-state index in [4.69, 9.17) is 21.1 Å². The van der Waals surface area contributed by atoms with Crippen LogP contribution in [0.3, 0.4) is 0 Å². The minimum absolute atomic E-state index is 0.0667. The second-order valence-electron chi connectivity index (χ2n) is 7.29. The zero-order valence-corrected chi connectivity index (χ0v) is 18.2. The van der Waals surface area contributed by atoms with E-state index in [1.807, 2.05) is 30.3 Å². The van der Waals surface area contributed by atoms with Gasteiger partial charge >= 0.3 is 5.97 Å². The van der Waals surface area contributed by atoms with Gasteiger partial charge in [0.1, 0.15) is 18.8 Å². The van der Waals surface area contributed by atoms with E-state index in [9.17, 15) is 4.79 Å². The normalized spacial score (nSPS) is 11.1. The lowest BCUT2D eigenvalue weighted by Gasteiger charge is -2.17. The summed E-state index contributed by atoms with van der Waals surface area (Å²) in [4.78, 5) is 17.1. The molecule has 0 N–H and O–H groups in total. The molecule has 8 heteroatoms. The lowest BCUT2D eigenvalue weighted by Crippen LogP contribution is -2.13. The Bertz CT molecular complexity index is 1500. The van der Waals surface area contributed by atoms with Crippen molar-refractivity contribution < 1.29 is 18.7 Å². The molecule has 164 valence electrons. The molecule has 33 heavy (non-hydrogen) atoms. The quantitative estimate of drug-likeness (QED) is 0.314. The molecule has 0 radical (unpaired) electrons. The standard InChI is InChI=1S/C25H17ClFN3O3/c1-32-25(31)22-23(33-13-15-6-3-2-4-7-15)18-10-11-19(27)20(16-8-5-9-17(26)12-16)21(18)24-28-14-29-30(22)24/h2-12,14H,13H2,1H3. The van der Waals surface area contributed by atoms with Crippen molar-refractivity contribution in [3.05, 3.63) is 95.2 Å². The minimum Gasteiger partial charge on any atom is -0.486 e. The number of esters is 1. The summed E-state index contributed by atoms with van der Waals surface area (Å²) in [5.74, 6) is -0.888. The van der Waals surface area contributed by atoms with Gasteiger partial charge in [0, 0.05) is 21.4 Å². The Labute approximate surface area is 193 Å². The molecule has 5 rings (SSSR count). The molecule has 2 aromatic heterocycles.